The fourth-order valence-corrected chi connectivity index (χ4v) is 2.03. The van der Waals surface area contributed by atoms with Gasteiger partial charge in [-0.05, 0) is 25.8 Å². The van der Waals surface area contributed by atoms with E-state index in [1.165, 1.54) is 6.92 Å². The standard InChI is InChI=1S/C12H23N3O2/c1-11(16)13-6-3-4-7-14-8-5-9-15(10-14)12(2)17/h3-10H2,1-2H3,(H,13,16). The summed E-state index contributed by atoms with van der Waals surface area (Å²) in [7, 11) is 0. The zero-order valence-corrected chi connectivity index (χ0v) is 10.9. The van der Waals surface area contributed by atoms with Crippen LogP contribution < -0.4 is 5.32 Å². The highest BCUT2D eigenvalue weighted by molar-refractivity contribution is 5.73. The highest BCUT2D eigenvalue weighted by atomic mass is 16.2. The van der Waals surface area contributed by atoms with Crippen molar-refractivity contribution in [3.05, 3.63) is 0 Å². The molecule has 1 aliphatic rings. The van der Waals surface area contributed by atoms with Gasteiger partial charge in [-0.15, -0.1) is 0 Å². The van der Waals surface area contributed by atoms with Gasteiger partial charge in [0, 0.05) is 33.5 Å². The molecule has 1 aliphatic heterocycles. The van der Waals surface area contributed by atoms with Crippen molar-refractivity contribution < 1.29 is 9.59 Å². The van der Waals surface area contributed by atoms with Crippen LogP contribution in [0.3, 0.4) is 0 Å². The number of nitrogens with zero attached hydrogens (tertiary/aromatic N) is 2. The van der Waals surface area contributed by atoms with Crippen LogP contribution in [0, 0.1) is 0 Å². The van der Waals surface area contributed by atoms with Crippen LogP contribution in [0.5, 0.6) is 0 Å². The Labute approximate surface area is 103 Å². The average molecular weight is 241 g/mol. The van der Waals surface area contributed by atoms with Gasteiger partial charge in [0.1, 0.15) is 0 Å². The van der Waals surface area contributed by atoms with Crippen LogP contribution in [-0.2, 0) is 9.59 Å². The van der Waals surface area contributed by atoms with E-state index in [0.29, 0.717) is 0 Å². The minimum absolute atomic E-state index is 0.0331. The number of carbonyl (C=O) groups excluding carboxylic acids is 2. The summed E-state index contributed by atoms with van der Waals surface area (Å²) < 4.78 is 0. The largest absolute Gasteiger partial charge is 0.356 e. The van der Waals surface area contributed by atoms with Gasteiger partial charge < -0.3 is 10.2 Å². The van der Waals surface area contributed by atoms with E-state index in [1.54, 1.807) is 6.92 Å². The summed E-state index contributed by atoms with van der Waals surface area (Å²) >= 11 is 0. The highest BCUT2D eigenvalue weighted by Gasteiger charge is 2.18. The van der Waals surface area contributed by atoms with E-state index in [-0.39, 0.29) is 11.8 Å². The number of nitrogens with one attached hydrogen (secondary N) is 1. The SMILES string of the molecule is CC(=O)NCCCCN1CCCN(C(C)=O)C1. The monoisotopic (exact) mass is 241 g/mol. The molecule has 0 aromatic carbocycles. The molecule has 0 aromatic heterocycles. The van der Waals surface area contributed by atoms with Gasteiger partial charge in [-0.25, -0.2) is 0 Å². The summed E-state index contributed by atoms with van der Waals surface area (Å²) in [5.74, 6) is 0.193. The Balaban J connectivity index is 2.10. The third-order valence-electron chi connectivity index (χ3n) is 2.99. The molecule has 0 aliphatic carbocycles. The van der Waals surface area contributed by atoms with Gasteiger partial charge in [0.2, 0.25) is 11.8 Å². The van der Waals surface area contributed by atoms with Crippen molar-refractivity contribution in [2.75, 3.05) is 32.8 Å². The quantitative estimate of drug-likeness (QED) is 0.710. The lowest BCUT2D eigenvalue weighted by Crippen LogP contribution is -2.47. The first kappa shape index (κ1) is 14.0. The summed E-state index contributed by atoms with van der Waals surface area (Å²) in [6.45, 7) is 7.63. The van der Waals surface area contributed by atoms with E-state index >= 15 is 0 Å². The molecule has 0 atom stereocenters. The van der Waals surface area contributed by atoms with Crippen molar-refractivity contribution in [1.29, 1.82) is 0 Å². The molecule has 1 rings (SSSR count). The molecule has 1 fully saturated rings. The number of hydrogen-bond donors (Lipinski definition) is 1. The van der Waals surface area contributed by atoms with E-state index in [1.807, 2.05) is 4.90 Å². The molecule has 0 saturated carbocycles. The molecule has 1 N–H and O–H groups in total. The van der Waals surface area contributed by atoms with Gasteiger partial charge in [-0.3, -0.25) is 14.5 Å². The zero-order valence-electron chi connectivity index (χ0n) is 10.9. The average Bonchev–Trinajstić information content (AvgIpc) is 2.28. The molecule has 0 bridgehead atoms. The second-order valence-corrected chi connectivity index (χ2v) is 4.59. The van der Waals surface area contributed by atoms with Gasteiger partial charge in [-0.1, -0.05) is 0 Å². The fraction of sp³-hybridized carbons (Fsp3) is 0.833. The Morgan fingerprint density at radius 3 is 2.59 bits per heavy atom. The van der Waals surface area contributed by atoms with Crippen LogP contribution >= 0.6 is 0 Å². The van der Waals surface area contributed by atoms with Crippen molar-refractivity contribution in [3.8, 4) is 0 Å². The lowest BCUT2D eigenvalue weighted by atomic mass is 10.2. The van der Waals surface area contributed by atoms with Crippen LogP contribution in [0.2, 0.25) is 0 Å². The van der Waals surface area contributed by atoms with Crippen molar-refractivity contribution in [1.82, 2.24) is 15.1 Å². The first-order valence-corrected chi connectivity index (χ1v) is 6.32. The van der Waals surface area contributed by atoms with E-state index < -0.39 is 0 Å². The number of carbonyl (C=O) groups is 2. The summed E-state index contributed by atoms with van der Waals surface area (Å²) in [5, 5.41) is 2.79. The first-order chi connectivity index (χ1) is 8.09. The second-order valence-electron chi connectivity index (χ2n) is 4.59. The Morgan fingerprint density at radius 2 is 1.94 bits per heavy atom. The third-order valence-corrected chi connectivity index (χ3v) is 2.99. The molecule has 5 nitrogen and oxygen atoms in total. The van der Waals surface area contributed by atoms with Crippen LogP contribution in [0.15, 0.2) is 0 Å². The Morgan fingerprint density at radius 1 is 1.18 bits per heavy atom. The number of hydrogen-bond acceptors (Lipinski definition) is 3. The first-order valence-electron chi connectivity index (χ1n) is 6.32. The van der Waals surface area contributed by atoms with Crippen LogP contribution in [-0.4, -0.2) is 54.5 Å². The smallest absolute Gasteiger partial charge is 0.220 e. The fourth-order valence-electron chi connectivity index (χ4n) is 2.03. The van der Waals surface area contributed by atoms with E-state index in [4.69, 9.17) is 0 Å². The lowest BCUT2D eigenvalue weighted by molar-refractivity contribution is -0.132. The van der Waals surface area contributed by atoms with Crippen LogP contribution in [0.4, 0.5) is 0 Å². The molecule has 17 heavy (non-hydrogen) atoms. The van der Waals surface area contributed by atoms with E-state index in [2.05, 4.69) is 10.2 Å². The number of unbranched alkanes of at least 4 members (excludes halogenated alkanes) is 1. The number of rotatable bonds is 5. The molecule has 5 heteroatoms. The highest BCUT2D eigenvalue weighted by Crippen LogP contribution is 2.07. The molecule has 98 valence electrons. The summed E-state index contributed by atoms with van der Waals surface area (Å²) in [6.07, 6.45) is 3.12. The minimum atomic E-state index is 0.0331. The summed E-state index contributed by atoms with van der Waals surface area (Å²) in [5.41, 5.74) is 0. The van der Waals surface area contributed by atoms with Crippen molar-refractivity contribution in [2.24, 2.45) is 0 Å². The van der Waals surface area contributed by atoms with E-state index in [0.717, 1.165) is 52.1 Å². The molecule has 0 radical (unpaired) electrons. The lowest BCUT2D eigenvalue weighted by Gasteiger charge is -2.35. The second kappa shape index (κ2) is 7.27. The maximum Gasteiger partial charge on any atom is 0.220 e. The molecule has 1 heterocycles. The predicted molar refractivity (Wildman–Crippen MR) is 66.4 cm³/mol. The summed E-state index contributed by atoms with van der Waals surface area (Å²) in [4.78, 5) is 26.1. The molecular formula is C12H23N3O2. The van der Waals surface area contributed by atoms with Crippen molar-refractivity contribution in [2.45, 2.75) is 33.1 Å². The predicted octanol–water partition coefficient (Wildman–Crippen LogP) is 0.414. The molecule has 0 unspecified atom stereocenters. The van der Waals surface area contributed by atoms with E-state index in [9.17, 15) is 9.59 Å². The van der Waals surface area contributed by atoms with Crippen LogP contribution in [0.1, 0.15) is 33.1 Å². The summed E-state index contributed by atoms with van der Waals surface area (Å²) in [6, 6.07) is 0. The molecule has 0 spiro atoms. The number of amides is 2. The Bertz CT molecular complexity index is 268. The Hall–Kier alpha value is -1.10. The molecule has 0 aromatic rings. The molecular weight excluding hydrogens is 218 g/mol. The molecule has 2 amide bonds. The van der Waals surface area contributed by atoms with Crippen molar-refractivity contribution >= 4 is 11.8 Å². The third kappa shape index (κ3) is 5.68. The van der Waals surface area contributed by atoms with Gasteiger partial charge >= 0.3 is 0 Å². The van der Waals surface area contributed by atoms with Gasteiger partial charge in [0.25, 0.3) is 0 Å². The van der Waals surface area contributed by atoms with Gasteiger partial charge in [0.15, 0.2) is 0 Å². The maximum atomic E-state index is 11.2. The topological polar surface area (TPSA) is 52.7 Å². The van der Waals surface area contributed by atoms with Crippen molar-refractivity contribution in [3.63, 3.8) is 0 Å². The Kier molecular flexibility index (Phi) is 5.97. The van der Waals surface area contributed by atoms with Gasteiger partial charge in [0.05, 0.1) is 6.67 Å². The normalized spacial score (nSPS) is 16.9. The maximum absolute atomic E-state index is 11.2. The minimum Gasteiger partial charge on any atom is -0.356 e. The van der Waals surface area contributed by atoms with Gasteiger partial charge in [-0.2, -0.15) is 0 Å². The zero-order chi connectivity index (χ0) is 12.7. The molecule has 1 saturated heterocycles. The van der Waals surface area contributed by atoms with Crippen LogP contribution in [0.25, 0.3) is 0 Å².